The second kappa shape index (κ2) is 6.53. The predicted molar refractivity (Wildman–Crippen MR) is 98.3 cm³/mol. The first-order chi connectivity index (χ1) is 12.5. The number of thiazole rings is 1. The molecule has 134 valence electrons. The van der Waals surface area contributed by atoms with Crippen molar-refractivity contribution >= 4 is 45.4 Å². The molecule has 26 heavy (non-hydrogen) atoms. The largest absolute Gasteiger partial charge is 0.348 e. The van der Waals surface area contributed by atoms with Crippen LogP contribution in [0.1, 0.15) is 11.4 Å². The number of fused-ring (bicyclic) bond motifs is 2. The predicted octanol–water partition coefficient (Wildman–Crippen LogP) is 0.867. The van der Waals surface area contributed by atoms with E-state index in [-0.39, 0.29) is 30.3 Å². The molecule has 2 aromatic rings. The fourth-order valence-electron chi connectivity index (χ4n) is 3.43. The summed E-state index contributed by atoms with van der Waals surface area (Å²) in [6.07, 6.45) is 3.59. The molecular weight excluding hydrogens is 352 g/mol. The summed E-state index contributed by atoms with van der Waals surface area (Å²) in [5, 5.41) is 3.64. The fraction of sp³-hybridized carbons (Fsp3) is 0.333. The van der Waals surface area contributed by atoms with Gasteiger partial charge in [-0.15, -0.1) is 11.3 Å². The molecule has 7 nitrogen and oxygen atoms in total. The number of piperazine rings is 1. The van der Waals surface area contributed by atoms with Crippen LogP contribution >= 0.6 is 11.3 Å². The van der Waals surface area contributed by atoms with Crippen LogP contribution < -0.4 is 5.32 Å². The molecular formula is C18H18N4O3S. The van der Waals surface area contributed by atoms with Crippen molar-refractivity contribution in [2.45, 2.75) is 18.5 Å². The standard InChI is InChI=1S/C18H18N4O3S/c1-21-10-17(24)22-9-11(8-13(22)18(21)25)19-15(23)6-7-16-20-12-4-2-3-5-14(12)26-16/h2-7,11,13H,8-10H2,1H3,(H,19,23)/b7-6+/t11-,13-/m0/s1. The Morgan fingerprint density at radius 3 is 2.96 bits per heavy atom. The van der Waals surface area contributed by atoms with E-state index in [9.17, 15) is 14.4 Å². The molecule has 3 amide bonds. The van der Waals surface area contributed by atoms with E-state index in [2.05, 4.69) is 10.3 Å². The van der Waals surface area contributed by atoms with Crippen LogP contribution in [0.5, 0.6) is 0 Å². The van der Waals surface area contributed by atoms with Gasteiger partial charge in [-0.1, -0.05) is 12.1 Å². The molecule has 0 aliphatic carbocycles. The maximum atomic E-state index is 12.2. The van der Waals surface area contributed by atoms with Gasteiger partial charge in [-0.05, 0) is 24.6 Å². The van der Waals surface area contributed by atoms with Gasteiger partial charge in [-0.25, -0.2) is 4.98 Å². The quantitative estimate of drug-likeness (QED) is 0.813. The van der Waals surface area contributed by atoms with Crippen molar-refractivity contribution in [2.24, 2.45) is 0 Å². The van der Waals surface area contributed by atoms with Crippen LogP contribution in [-0.4, -0.2) is 64.7 Å². The van der Waals surface area contributed by atoms with Crippen molar-refractivity contribution in [3.63, 3.8) is 0 Å². The monoisotopic (exact) mass is 370 g/mol. The highest BCUT2D eigenvalue weighted by atomic mass is 32.1. The zero-order valence-corrected chi connectivity index (χ0v) is 15.0. The van der Waals surface area contributed by atoms with E-state index >= 15 is 0 Å². The summed E-state index contributed by atoms with van der Waals surface area (Å²) < 4.78 is 1.07. The second-order valence-corrected chi connectivity index (χ2v) is 7.61. The van der Waals surface area contributed by atoms with Gasteiger partial charge in [0, 0.05) is 25.7 Å². The Balaban J connectivity index is 1.39. The highest BCUT2D eigenvalue weighted by Crippen LogP contribution is 2.24. The first kappa shape index (κ1) is 16.7. The Morgan fingerprint density at radius 2 is 2.15 bits per heavy atom. The molecule has 8 heteroatoms. The summed E-state index contributed by atoms with van der Waals surface area (Å²) in [7, 11) is 1.63. The van der Waals surface area contributed by atoms with Crippen molar-refractivity contribution < 1.29 is 14.4 Å². The summed E-state index contributed by atoms with van der Waals surface area (Å²) >= 11 is 1.52. The van der Waals surface area contributed by atoms with Crippen LogP contribution in [-0.2, 0) is 14.4 Å². The summed E-state index contributed by atoms with van der Waals surface area (Å²) in [5.74, 6) is -0.382. The summed E-state index contributed by atoms with van der Waals surface area (Å²) in [5.41, 5.74) is 0.909. The van der Waals surface area contributed by atoms with Gasteiger partial charge in [0.25, 0.3) is 0 Å². The second-order valence-electron chi connectivity index (χ2n) is 6.55. The lowest BCUT2D eigenvalue weighted by Crippen LogP contribution is -2.55. The van der Waals surface area contributed by atoms with E-state index in [0.717, 1.165) is 15.2 Å². The number of rotatable bonds is 3. The Hall–Kier alpha value is -2.74. The van der Waals surface area contributed by atoms with Gasteiger partial charge >= 0.3 is 0 Å². The maximum Gasteiger partial charge on any atom is 0.245 e. The molecule has 3 heterocycles. The number of nitrogens with zero attached hydrogens (tertiary/aromatic N) is 3. The number of carbonyl (C=O) groups excluding carboxylic acids is 3. The number of para-hydroxylation sites is 1. The number of benzene rings is 1. The van der Waals surface area contributed by atoms with Gasteiger partial charge < -0.3 is 15.1 Å². The average molecular weight is 370 g/mol. The number of aromatic nitrogens is 1. The third-order valence-electron chi connectivity index (χ3n) is 4.69. The molecule has 2 fully saturated rings. The minimum absolute atomic E-state index is 0.0635. The van der Waals surface area contributed by atoms with Crippen LogP contribution in [0.4, 0.5) is 0 Å². The number of hydrogen-bond donors (Lipinski definition) is 1. The minimum Gasteiger partial charge on any atom is -0.348 e. The average Bonchev–Trinajstić information content (AvgIpc) is 3.22. The number of likely N-dealkylation sites (N-methyl/N-ethyl adjacent to an activating group) is 1. The first-order valence-corrected chi connectivity index (χ1v) is 9.21. The number of carbonyl (C=O) groups is 3. The molecule has 1 aromatic heterocycles. The Morgan fingerprint density at radius 1 is 1.35 bits per heavy atom. The Bertz CT molecular complexity index is 889. The van der Waals surface area contributed by atoms with E-state index in [1.54, 1.807) is 18.0 Å². The molecule has 2 aliphatic heterocycles. The van der Waals surface area contributed by atoms with E-state index in [4.69, 9.17) is 0 Å². The lowest BCUT2D eigenvalue weighted by Gasteiger charge is -2.33. The van der Waals surface area contributed by atoms with Gasteiger partial charge in [-0.2, -0.15) is 0 Å². The fourth-order valence-corrected chi connectivity index (χ4v) is 4.30. The molecule has 0 saturated carbocycles. The van der Waals surface area contributed by atoms with Crippen LogP contribution in [0.15, 0.2) is 30.3 Å². The normalized spacial score (nSPS) is 23.1. The van der Waals surface area contributed by atoms with Crippen LogP contribution in [0.3, 0.4) is 0 Å². The molecule has 0 unspecified atom stereocenters. The van der Waals surface area contributed by atoms with Gasteiger partial charge in [-0.3, -0.25) is 14.4 Å². The van der Waals surface area contributed by atoms with Crippen molar-refractivity contribution in [2.75, 3.05) is 20.1 Å². The van der Waals surface area contributed by atoms with Crippen molar-refractivity contribution in [3.05, 3.63) is 35.3 Å². The zero-order chi connectivity index (χ0) is 18.3. The molecule has 2 aliphatic rings. The lowest BCUT2D eigenvalue weighted by molar-refractivity contribution is -0.152. The first-order valence-electron chi connectivity index (χ1n) is 8.40. The van der Waals surface area contributed by atoms with Crippen molar-refractivity contribution in [3.8, 4) is 0 Å². The minimum atomic E-state index is -0.459. The Labute approximate surface area is 154 Å². The van der Waals surface area contributed by atoms with Gasteiger partial charge in [0.2, 0.25) is 17.7 Å². The Kier molecular flexibility index (Phi) is 4.20. The van der Waals surface area contributed by atoms with Gasteiger partial charge in [0.05, 0.1) is 16.8 Å². The molecule has 0 radical (unpaired) electrons. The molecule has 1 aromatic carbocycles. The van der Waals surface area contributed by atoms with E-state index in [0.29, 0.717) is 13.0 Å². The summed E-state index contributed by atoms with van der Waals surface area (Å²) in [4.78, 5) is 43.9. The number of nitrogens with one attached hydrogen (secondary N) is 1. The summed E-state index contributed by atoms with van der Waals surface area (Å²) in [6, 6.07) is 7.13. The number of hydrogen-bond acceptors (Lipinski definition) is 5. The third kappa shape index (κ3) is 3.08. The van der Waals surface area contributed by atoms with Crippen molar-refractivity contribution in [1.29, 1.82) is 0 Å². The van der Waals surface area contributed by atoms with E-state index in [1.165, 1.54) is 22.3 Å². The molecule has 4 rings (SSSR count). The van der Waals surface area contributed by atoms with Gasteiger partial charge in [0.1, 0.15) is 11.0 Å². The van der Waals surface area contributed by atoms with Crippen molar-refractivity contribution in [1.82, 2.24) is 20.1 Å². The highest BCUT2D eigenvalue weighted by molar-refractivity contribution is 7.19. The zero-order valence-electron chi connectivity index (χ0n) is 14.2. The molecule has 1 N–H and O–H groups in total. The molecule has 2 atom stereocenters. The number of amides is 3. The van der Waals surface area contributed by atoms with E-state index in [1.807, 2.05) is 24.3 Å². The molecule has 0 bridgehead atoms. The molecule has 0 spiro atoms. The maximum absolute atomic E-state index is 12.2. The highest BCUT2D eigenvalue weighted by Gasteiger charge is 2.44. The van der Waals surface area contributed by atoms with Crippen LogP contribution in [0, 0.1) is 0 Å². The van der Waals surface area contributed by atoms with Gasteiger partial charge in [0.15, 0.2) is 0 Å². The SMILES string of the molecule is CN1CC(=O)N2C[C@@H](NC(=O)/C=C/c3nc4ccccc4s3)C[C@H]2C1=O. The summed E-state index contributed by atoms with van der Waals surface area (Å²) in [6.45, 7) is 0.483. The van der Waals surface area contributed by atoms with Crippen LogP contribution in [0.25, 0.3) is 16.3 Å². The third-order valence-corrected chi connectivity index (χ3v) is 5.69. The topological polar surface area (TPSA) is 82.6 Å². The molecule has 2 saturated heterocycles. The smallest absolute Gasteiger partial charge is 0.245 e. The lowest BCUT2D eigenvalue weighted by atomic mass is 10.1. The van der Waals surface area contributed by atoms with Crippen LogP contribution in [0.2, 0.25) is 0 Å². The van der Waals surface area contributed by atoms with E-state index < -0.39 is 6.04 Å².